The van der Waals surface area contributed by atoms with Gasteiger partial charge in [0.15, 0.2) is 0 Å². The molecule has 0 radical (unpaired) electrons. The normalized spacial score (nSPS) is 10.1. The third kappa shape index (κ3) is 3.40. The van der Waals surface area contributed by atoms with Gasteiger partial charge in [-0.2, -0.15) is 4.98 Å². The quantitative estimate of drug-likeness (QED) is 0.768. The Morgan fingerprint density at radius 1 is 1.40 bits per heavy atom. The van der Waals surface area contributed by atoms with E-state index in [1.54, 1.807) is 0 Å². The Hall–Kier alpha value is -1.29. The van der Waals surface area contributed by atoms with Gasteiger partial charge in [0.2, 0.25) is 5.88 Å². The van der Waals surface area contributed by atoms with Crippen LogP contribution in [0.1, 0.15) is 13.8 Å². The highest BCUT2D eigenvalue weighted by atomic mass is 16.5. The molecule has 0 bridgehead atoms. The summed E-state index contributed by atoms with van der Waals surface area (Å²) in [5.74, 6) is 1.48. The first-order valence-electron chi connectivity index (χ1n) is 5.27. The number of ether oxygens (including phenoxy) is 1. The molecule has 1 rings (SSSR count). The van der Waals surface area contributed by atoms with Crippen molar-refractivity contribution in [2.45, 2.75) is 13.8 Å². The lowest BCUT2D eigenvalue weighted by Crippen LogP contribution is -2.27. The second-order valence-electron chi connectivity index (χ2n) is 3.07. The standard InChI is InChI=1S/C11H18N2O2/c1-3-13(8-9-14)10-6-5-7-11(12-10)15-4-2/h5-7,14H,3-4,8-9H2,1-2H3. The predicted octanol–water partition coefficient (Wildman–Crippen LogP) is 1.30. The molecule has 0 saturated heterocycles. The molecule has 0 aromatic carbocycles. The zero-order valence-electron chi connectivity index (χ0n) is 9.31. The molecule has 1 aromatic heterocycles. The third-order valence-electron chi connectivity index (χ3n) is 2.08. The second-order valence-corrected chi connectivity index (χ2v) is 3.07. The Balaban J connectivity index is 2.77. The smallest absolute Gasteiger partial charge is 0.215 e. The zero-order valence-corrected chi connectivity index (χ0v) is 9.31. The minimum atomic E-state index is 0.133. The molecule has 0 spiro atoms. The van der Waals surface area contributed by atoms with Gasteiger partial charge < -0.3 is 14.7 Å². The van der Waals surface area contributed by atoms with Crippen LogP contribution in [-0.2, 0) is 0 Å². The van der Waals surface area contributed by atoms with Crippen LogP contribution in [0.25, 0.3) is 0 Å². The van der Waals surface area contributed by atoms with Gasteiger partial charge in [0.05, 0.1) is 13.2 Å². The van der Waals surface area contributed by atoms with Gasteiger partial charge in [-0.15, -0.1) is 0 Å². The Bertz CT molecular complexity index is 292. The van der Waals surface area contributed by atoms with Gasteiger partial charge in [-0.1, -0.05) is 6.07 Å². The zero-order chi connectivity index (χ0) is 11.1. The van der Waals surface area contributed by atoms with Gasteiger partial charge >= 0.3 is 0 Å². The minimum Gasteiger partial charge on any atom is -0.478 e. The highest BCUT2D eigenvalue weighted by Crippen LogP contribution is 2.15. The molecule has 0 aliphatic rings. The molecule has 4 heteroatoms. The van der Waals surface area contributed by atoms with E-state index in [2.05, 4.69) is 4.98 Å². The summed E-state index contributed by atoms with van der Waals surface area (Å²) in [6, 6.07) is 5.66. The number of pyridine rings is 1. The van der Waals surface area contributed by atoms with E-state index in [-0.39, 0.29) is 6.61 Å². The highest BCUT2D eigenvalue weighted by molar-refractivity contribution is 5.40. The number of hydrogen-bond acceptors (Lipinski definition) is 4. The van der Waals surface area contributed by atoms with Crippen LogP contribution >= 0.6 is 0 Å². The van der Waals surface area contributed by atoms with Crippen LogP contribution in [0.4, 0.5) is 5.82 Å². The maximum atomic E-state index is 8.90. The maximum Gasteiger partial charge on any atom is 0.215 e. The van der Waals surface area contributed by atoms with Crippen molar-refractivity contribution in [1.82, 2.24) is 4.98 Å². The summed E-state index contributed by atoms with van der Waals surface area (Å²) < 4.78 is 5.32. The molecule has 1 heterocycles. The molecule has 0 aliphatic heterocycles. The molecule has 0 amide bonds. The van der Waals surface area contributed by atoms with E-state index in [1.165, 1.54) is 0 Å². The fourth-order valence-corrected chi connectivity index (χ4v) is 1.36. The molecule has 4 nitrogen and oxygen atoms in total. The summed E-state index contributed by atoms with van der Waals surface area (Å²) in [7, 11) is 0. The lowest BCUT2D eigenvalue weighted by Gasteiger charge is -2.20. The van der Waals surface area contributed by atoms with Crippen molar-refractivity contribution in [1.29, 1.82) is 0 Å². The molecule has 1 aromatic rings. The van der Waals surface area contributed by atoms with E-state index in [0.717, 1.165) is 12.4 Å². The predicted molar refractivity (Wildman–Crippen MR) is 60.4 cm³/mol. The molecule has 0 unspecified atom stereocenters. The molecule has 0 atom stereocenters. The number of anilines is 1. The molecule has 84 valence electrons. The van der Waals surface area contributed by atoms with Gasteiger partial charge in [0, 0.05) is 19.2 Å². The Morgan fingerprint density at radius 2 is 2.20 bits per heavy atom. The van der Waals surface area contributed by atoms with Crippen molar-refractivity contribution in [3.05, 3.63) is 18.2 Å². The summed E-state index contributed by atoms with van der Waals surface area (Å²) in [4.78, 5) is 6.35. The summed E-state index contributed by atoms with van der Waals surface area (Å²) in [5.41, 5.74) is 0. The lowest BCUT2D eigenvalue weighted by molar-refractivity contribution is 0.301. The summed E-state index contributed by atoms with van der Waals surface area (Å²) in [6.07, 6.45) is 0. The van der Waals surface area contributed by atoms with Crippen molar-refractivity contribution >= 4 is 5.82 Å². The Kier molecular flexibility index (Phi) is 4.90. The van der Waals surface area contributed by atoms with Crippen molar-refractivity contribution in [2.75, 3.05) is 31.2 Å². The fraction of sp³-hybridized carbons (Fsp3) is 0.545. The van der Waals surface area contributed by atoms with Crippen LogP contribution in [0.15, 0.2) is 18.2 Å². The van der Waals surface area contributed by atoms with Crippen LogP contribution in [0.2, 0.25) is 0 Å². The monoisotopic (exact) mass is 210 g/mol. The molecule has 15 heavy (non-hydrogen) atoms. The molecule has 1 N–H and O–H groups in total. The van der Waals surface area contributed by atoms with Gasteiger partial charge in [-0.25, -0.2) is 0 Å². The highest BCUT2D eigenvalue weighted by Gasteiger charge is 2.05. The van der Waals surface area contributed by atoms with Crippen LogP contribution < -0.4 is 9.64 Å². The molecular formula is C11H18N2O2. The number of nitrogens with zero attached hydrogens (tertiary/aromatic N) is 2. The number of rotatable bonds is 6. The van der Waals surface area contributed by atoms with E-state index in [4.69, 9.17) is 9.84 Å². The maximum absolute atomic E-state index is 8.90. The SMILES string of the molecule is CCOc1cccc(N(CC)CCO)n1. The van der Waals surface area contributed by atoms with Gasteiger partial charge in [-0.3, -0.25) is 0 Å². The van der Waals surface area contributed by atoms with Gasteiger partial charge in [-0.05, 0) is 19.9 Å². The van der Waals surface area contributed by atoms with E-state index < -0.39 is 0 Å². The summed E-state index contributed by atoms with van der Waals surface area (Å²) >= 11 is 0. The first-order valence-corrected chi connectivity index (χ1v) is 5.27. The number of aliphatic hydroxyl groups excluding tert-OH is 1. The summed E-state index contributed by atoms with van der Waals surface area (Å²) in [5, 5.41) is 8.90. The van der Waals surface area contributed by atoms with E-state index in [1.807, 2.05) is 36.9 Å². The number of likely N-dealkylation sites (N-methyl/N-ethyl adjacent to an activating group) is 1. The van der Waals surface area contributed by atoms with Gasteiger partial charge in [0.1, 0.15) is 5.82 Å². The van der Waals surface area contributed by atoms with Crippen molar-refractivity contribution in [3.8, 4) is 5.88 Å². The largest absolute Gasteiger partial charge is 0.478 e. The average molecular weight is 210 g/mol. The van der Waals surface area contributed by atoms with E-state index >= 15 is 0 Å². The molecular weight excluding hydrogens is 192 g/mol. The van der Waals surface area contributed by atoms with E-state index in [9.17, 15) is 0 Å². The Labute approximate surface area is 90.5 Å². The first-order chi connectivity index (χ1) is 7.31. The van der Waals surface area contributed by atoms with Crippen LogP contribution in [-0.4, -0.2) is 36.4 Å². The number of aromatic nitrogens is 1. The fourth-order valence-electron chi connectivity index (χ4n) is 1.36. The topological polar surface area (TPSA) is 45.6 Å². The molecule has 0 fully saturated rings. The van der Waals surface area contributed by atoms with Crippen molar-refractivity contribution < 1.29 is 9.84 Å². The van der Waals surface area contributed by atoms with Crippen LogP contribution in [0.5, 0.6) is 5.88 Å². The van der Waals surface area contributed by atoms with E-state index in [0.29, 0.717) is 19.0 Å². The average Bonchev–Trinajstić information content (AvgIpc) is 2.27. The molecule has 0 saturated carbocycles. The van der Waals surface area contributed by atoms with Crippen molar-refractivity contribution in [3.63, 3.8) is 0 Å². The van der Waals surface area contributed by atoms with Crippen LogP contribution in [0.3, 0.4) is 0 Å². The van der Waals surface area contributed by atoms with Gasteiger partial charge in [0.25, 0.3) is 0 Å². The minimum absolute atomic E-state index is 0.133. The third-order valence-corrected chi connectivity index (χ3v) is 2.08. The van der Waals surface area contributed by atoms with Crippen LogP contribution in [0, 0.1) is 0 Å². The summed E-state index contributed by atoms with van der Waals surface area (Å²) in [6.45, 7) is 6.13. The number of aliphatic hydroxyl groups is 1. The van der Waals surface area contributed by atoms with Crippen molar-refractivity contribution in [2.24, 2.45) is 0 Å². The number of hydrogen-bond donors (Lipinski definition) is 1. The first kappa shape index (κ1) is 11.8. The molecule has 0 aliphatic carbocycles. The lowest BCUT2D eigenvalue weighted by atomic mass is 10.4. The Morgan fingerprint density at radius 3 is 2.80 bits per heavy atom. The second kappa shape index (κ2) is 6.24.